The molecular formula is C30H32N4O10S. The van der Waals surface area contributed by atoms with Gasteiger partial charge < -0.3 is 34.3 Å². The second kappa shape index (κ2) is 15.5. The van der Waals surface area contributed by atoms with Gasteiger partial charge in [0.1, 0.15) is 25.0 Å². The average Bonchev–Trinajstić information content (AvgIpc) is 3.53. The normalized spacial score (nSPS) is 13.0. The third kappa shape index (κ3) is 8.47. The summed E-state index contributed by atoms with van der Waals surface area (Å²) in [6.07, 6.45) is 0.614. The van der Waals surface area contributed by atoms with Gasteiger partial charge in [0.2, 0.25) is 12.3 Å². The molecule has 0 radical (unpaired) electrons. The standard InChI is InChI=1S/C30H32N4O10S/c1-4-21(19-8-9-24-25(14-19)43-11-10-42-24)32-30(39)34(17-35)23(27(37)33-29-31-22(16-45-29)28(38)41-3)13-18-6-5-7-20(12-18)44-15-26(36)40-2/h5-9,12,14,16-17,21,23H,4,10-11,13,15H2,1-3H3,(H,32,39)(H,31,33,37). The molecule has 15 heteroatoms. The van der Waals surface area contributed by atoms with E-state index in [0.29, 0.717) is 42.4 Å². The number of methoxy groups -OCH3 is 2. The number of nitrogens with one attached hydrogen (secondary N) is 2. The number of rotatable bonds is 13. The highest BCUT2D eigenvalue weighted by Gasteiger charge is 2.32. The molecule has 0 spiro atoms. The summed E-state index contributed by atoms with van der Waals surface area (Å²) in [6.45, 7) is 2.35. The number of hydrogen-bond donors (Lipinski definition) is 2. The molecule has 4 rings (SSSR count). The number of thiazole rings is 1. The summed E-state index contributed by atoms with van der Waals surface area (Å²) < 4.78 is 26.0. The van der Waals surface area contributed by atoms with Crippen molar-refractivity contribution in [3.05, 3.63) is 64.7 Å². The Balaban J connectivity index is 1.58. The van der Waals surface area contributed by atoms with E-state index in [0.717, 1.165) is 21.8 Å². The third-order valence-electron chi connectivity index (χ3n) is 6.70. The van der Waals surface area contributed by atoms with E-state index in [-0.39, 0.29) is 30.3 Å². The predicted molar refractivity (Wildman–Crippen MR) is 160 cm³/mol. The van der Waals surface area contributed by atoms with Crippen molar-refractivity contribution in [1.82, 2.24) is 15.2 Å². The Bertz CT molecular complexity index is 1540. The summed E-state index contributed by atoms with van der Waals surface area (Å²) in [5.74, 6) is -0.569. The van der Waals surface area contributed by atoms with E-state index in [9.17, 15) is 24.0 Å². The van der Waals surface area contributed by atoms with E-state index in [4.69, 9.17) is 14.2 Å². The fraction of sp³-hybridized carbons (Fsp3) is 0.333. The van der Waals surface area contributed by atoms with Crippen LogP contribution in [0.3, 0.4) is 0 Å². The first-order valence-electron chi connectivity index (χ1n) is 13.8. The maximum atomic E-state index is 13.6. The molecule has 0 bridgehead atoms. The van der Waals surface area contributed by atoms with E-state index in [1.54, 1.807) is 42.5 Å². The second-order valence-corrected chi connectivity index (χ2v) is 10.4. The molecule has 14 nitrogen and oxygen atoms in total. The van der Waals surface area contributed by atoms with Crippen LogP contribution in [-0.2, 0) is 30.3 Å². The van der Waals surface area contributed by atoms with Crippen LogP contribution in [0.1, 0.15) is 41.0 Å². The maximum absolute atomic E-state index is 13.6. The van der Waals surface area contributed by atoms with Crippen molar-refractivity contribution < 1.29 is 47.7 Å². The Kier molecular flexibility index (Phi) is 11.3. The molecule has 1 aliphatic heterocycles. The van der Waals surface area contributed by atoms with Crippen molar-refractivity contribution in [3.63, 3.8) is 0 Å². The molecule has 2 atom stereocenters. The molecule has 3 aromatic rings. The van der Waals surface area contributed by atoms with E-state index in [2.05, 4.69) is 25.1 Å². The summed E-state index contributed by atoms with van der Waals surface area (Å²) in [7, 11) is 2.44. The Morgan fingerprint density at radius 2 is 1.84 bits per heavy atom. The van der Waals surface area contributed by atoms with Crippen LogP contribution >= 0.6 is 11.3 Å². The average molecular weight is 641 g/mol. The monoisotopic (exact) mass is 640 g/mol. The summed E-state index contributed by atoms with van der Waals surface area (Å²) in [5, 5.41) is 6.89. The van der Waals surface area contributed by atoms with Gasteiger partial charge in [-0.25, -0.2) is 19.4 Å². The van der Waals surface area contributed by atoms with Crippen LogP contribution in [0.15, 0.2) is 47.8 Å². The largest absolute Gasteiger partial charge is 0.486 e. The summed E-state index contributed by atoms with van der Waals surface area (Å²) >= 11 is 0.972. The van der Waals surface area contributed by atoms with Crippen molar-refractivity contribution in [1.29, 1.82) is 0 Å². The van der Waals surface area contributed by atoms with E-state index < -0.39 is 36.0 Å². The van der Waals surface area contributed by atoms with E-state index >= 15 is 0 Å². The number of ether oxygens (including phenoxy) is 5. The maximum Gasteiger partial charge on any atom is 0.357 e. The number of nitrogens with zero attached hydrogens (tertiary/aromatic N) is 2. The van der Waals surface area contributed by atoms with Gasteiger partial charge in [-0.1, -0.05) is 25.1 Å². The number of amides is 4. The van der Waals surface area contributed by atoms with Gasteiger partial charge in [-0.15, -0.1) is 11.3 Å². The Labute approximate surface area is 262 Å². The highest BCUT2D eigenvalue weighted by Crippen LogP contribution is 2.33. The smallest absolute Gasteiger partial charge is 0.357 e. The first-order chi connectivity index (χ1) is 21.8. The number of carbonyl (C=O) groups excluding carboxylic acids is 5. The fourth-order valence-corrected chi connectivity index (χ4v) is 5.09. The number of hydrogen-bond acceptors (Lipinski definition) is 12. The van der Waals surface area contributed by atoms with Crippen LogP contribution in [0, 0.1) is 0 Å². The summed E-state index contributed by atoms with van der Waals surface area (Å²) in [5.41, 5.74) is 1.22. The number of imide groups is 1. The van der Waals surface area contributed by atoms with Crippen LogP contribution in [0.5, 0.6) is 17.2 Å². The Hall–Kier alpha value is -5.18. The number of benzene rings is 2. The number of urea groups is 1. The van der Waals surface area contributed by atoms with Crippen molar-refractivity contribution in [3.8, 4) is 17.2 Å². The van der Waals surface area contributed by atoms with Gasteiger partial charge in [0.15, 0.2) is 28.9 Å². The van der Waals surface area contributed by atoms with Gasteiger partial charge in [0.05, 0.1) is 20.3 Å². The highest BCUT2D eigenvalue weighted by molar-refractivity contribution is 7.14. The first-order valence-corrected chi connectivity index (χ1v) is 14.7. The SMILES string of the molecule is CCC(NC(=O)N(C=O)C(Cc1cccc(OCC(=O)OC)c1)C(=O)Nc1nc(C(=O)OC)cs1)c1ccc2c(c1)OCCO2. The Morgan fingerprint density at radius 1 is 1.07 bits per heavy atom. The topological polar surface area (TPSA) is 172 Å². The lowest BCUT2D eigenvalue weighted by molar-refractivity contribution is -0.142. The lowest BCUT2D eigenvalue weighted by Crippen LogP contribution is -2.52. The number of anilines is 1. The molecule has 45 heavy (non-hydrogen) atoms. The molecule has 2 unspecified atom stereocenters. The van der Waals surface area contributed by atoms with Crippen LogP contribution in [-0.4, -0.2) is 80.3 Å². The van der Waals surface area contributed by atoms with Crippen molar-refractivity contribution >= 4 is 46.8 Å². The molecule has 238 valence electrons. The molecular weight excluding hydrogens is 608 g/mol. The van der Waals surface area contributed by atoms with Gasteiger partial charge in [0, 0.05) is 11.8 Å². The number of esters is 2. The Morgan fingerprint density at radius 3 is 2.56 bits per heavy atom. The molecule has 0 fully saturated rings. The number of carbonyl (C=O) groups is 5. The third-order valence-corrected chi connectivity index (χ3v) is 7.46. The van der Waals surface area contributed by atoms with Gasteiger partial charge in [-0.3, -0.25) is 14.5 Å². The molecule has 1 aliphatic rings. The number of fused-ring (bicyclic) bond motifs is 1. The van der Waals surface area contributed by atoms with Crippen LogP contribution in [0.25, 0.3) is 0 Å². The lowest BCUT2D eigenvalue weighted by Gasteiger charge is -2.28. The van der Waals surface area contributed by atoms with Gasteiger partial charge in [-0.05, 0) is 41.8 Å². The lowest BCUT2D eigenvalue weighted by atomic mass is 10.0. The van der Waals surface area contributed by atoms with Crippen LogP contribution < -0.4 is 24.8 Å². The fourth-order valence-electron chi connectivity index (χ4n) is 4.41. The summed E-state index contributed by atoms with van der Waals surface area (Å²) in [4.78, 5) is 67.9. The molecule has 2 N–H and O–H groups in total. The van der Waals surface area contributed by atoms with Crippen LogP contribution in [0.2, 0.25) is 0 Å². The molecule has 1 aromatic heterocycles. The van der Waals surface area contributed by atoms with E-state index in [1.165, 1.54) is 19.6 Å². The van der Waals surface area contributed by atoms with Gasteiger partial charge >= 0.3 is 18.0 Å². The zero-order valence-corrected chi connectivity index (χ0v) is 25.6. The number of aromatic nitrogens is 1. The molecule has 2 aromatic carbocycles. The predicted octanol–water partition coefficient (Wildman–Crippen LogP) is 3.12. The van der Waals surface area contributed by atoms with E-state index in [1.807, 2.05) is 6.92 Å². The molecule has 0 saturated carbocycles. The highest BCUT2D eigenvalue weighted by atomic mass is 32.1. The minimum absolute atomic E-state index is 0.0139. The first kappa shape index (κ1) is 32.7. The summed E-state index contributed by atoms with van der Waals surface area (Å²) in [6, 6.07) is 9.09. The molecule has 0 aliphatic carbocycles. The zero-order valence-electron chi connectivity index (χ0n) is 24.8. The van der Waals surface area contributed by atoms with Gasteiger partial charge in [-0.2, -0.15) is 0 Å². The molecule has 0 saturated heterocycles. The second-order valence-electron chi connectivity index (χ2n) is 9.58. The molecule has 2 heterocycles. The van der Waals surface area contributed by atoms with Crippen molar-refractivity contribution in [2.45, 2.75) is 31.8 Å². The van der Waals surface area contributed by atoms with Crippen molar-refractivity contribution in [2.75, 3.05) is 39.4 Å². The van der Waals surface area contributed by atoms with Crippen molar-refractivity contribution in [2.24, 2.45) is 0 Å². The molecule has 4 amide bonds. The van der Waals surface area contributed by atoms with Crippen LogP contribution in [0.4, 0.5) is 9.93 Å². The minimum atomic E-state index is -1.36. The quantitative estimate of drug-likeness (QED) is 0.208. The minimum Gasteiger partial charge on any atom is -0.486 e. The zero-order chi connectivity index (χ0) is 32.3. The van der Waals surface area contributed by atoms with Gasteiger partial charge in [0.25, 0.3) is 0 Å².